The summed E-state index contributed by atoms with van der Waals surface area (Å²) >= 11 is 3.02. The van der Waals surface area contributed by atoms with Crippen molar-refractivity contribution in [1.82, 2.24) is 25.2 Å². The summed E-state index contributed by atoms with van der Waals surface area (Å²) in [5, 5.41) is 15.4. The zero-order valence-corrected chi connectivity index (χ0v) is 14.2. The maximum atomic E-state index is 12.5. The number of hydrogen-bond acceptors (Lipinski definition) is 6. The number of tetrazole rings is 1. The second-order valence-corrected chi connectivity index (χ2v) is 7.13. The molecule has 4 aromatic rings. The number of rotatable bonds is 6. The molecule has 3 heterocycles. The molecule has 1 N–H and O–H groups in total. The van der Waals surface area contributed by atoms with Crippen LogP contribution in [-0.2, 0) is 6.54 Å². The molecule has 0 radical (unpaired) electrons. The molecule has 0 fully saturated rings. The molecule has 0 saturated heterocycles. The molecule has 8 heteroatoms. The highest BCUT2D eigenvalue weighted by molar-refractivity contribution is 7.99. The number of para-hydroxylation sites is 1. The zero-order valence-electron chi connectivity index (χ0n) is 12.5. The van der Waals surface area contributed by atoms with Crippen molar-refractivity contribution in [2.45, 2.75) is 11.7 Å². The highest BCUT2D eigenvalue weighted by Gasteiger charge is 2.15. The van der Waals surface area contributed by atoms with E-state index < -0.39 is 0 Å². The van der Waals surface area contributed by atoms with Crippen LogP contribution >= 0.6 is 23.1 Å². The standard InChI is InChI=1S/C16H13N5OS2/c22-15(13-8-17-14-6-2-1-5-12(13)14)10-24-16-18-19-20-21(16)9-11-4-3-7-23-11/h1-8,17H,9-10H2. The van der Waals surface area contributed by atoms with Crippen molar-refractivity contribution >= 4 is 39.8 Å². The number of ketones is 1. The van der Waals surface area contributed by atoms with E-state index in [-0.39, 0.29) is 5.78 Å². The number of H-pyrrole nitrogens is 1. The van der Waals surface area contributed by atoms with Gasteiger partial charge < -0.3 is 4.98 Å². The van der Waals surface area contributed by atoms with Crippen LogP contribution in [0.2, 0.25) is 0 Å². The number of aromatic nitrogens is 5. The van der Waals surface area contributed by atoms with E-state index in [0.29, 0.717) is 23.0 Å². The smallest absolute Gasteiger partial charge is 0.210 e. The van der Waals surface area contributed by atoms with Crippen molar-refractivity contribution in [2.24, 2.45) is 0 Å². The number of thioether (sulfide) groups is 1. The molecule has 120 valence electrons. The molecule has 0 aliphatic heterocycles. The predicted octanol–water partition coefficient (Wildman–Crippen LogP) is 3.24. The minimum Gasteiger partial charge on any atom is -0.360 e. The van der Waals surface area contributed by atoms with Gasteiger partial charge in [0.05, 0.1) is 12.3 Å². The van der Waals surface area contributed by atoms with Gasteiger partial charge in [0, 0.05) is 27.5 Å². The van der Waals surface area contributed by atoms with E-state index in [1.165, 1.54) is 16.6 Å². The lowest BCUT2D eigenvalue weighted by atomic mass is 10.1. The summed E-state index contributed by atoms with van der Waals surface area (Å²) in [6.45, 7) is 0.619. The average molecular weight is 355 g/mol. The summed E-state index contributed by atoms with van der Waals surface area (Å²) in [6, 6.07) is 11.8. The second-order valence-electron chi connectivity index (χ2n) is 5.16. The molecule has 24 heavy (non-hydrogen) atoms. The molecule has 0 atom stereocenters. The van der Waals surface area contributed by atoms with Crippen LogP contribution in [-0.4, -0.2) is 36.7 Å². The van der Waals surface area contributed by atoms with Gasteiger partial charge in [0.25, 0.3) is 0 Å². The van der Waals surface area contributed by atoms with Crippen LogP contribution in [0, 0.1) is 0 Å². The number of Topliss-reactive ketones (excluding diaryl/α,β-unsaturated/α-hetero) is 1. The summed E-state index contributed by atoms with van der Waals surface area (Å²) in [6.07, 6.45) is 1.77. The number of hydrogen-bond donors (Lipinski definition) is 1. The predicted molar refractivity (Wildman–Crippen MR) is 94.6 cm³/mol. The number of benzene rings is 1. The number of nitrogens with zero attached hydrogens (tertiary/aromatic N) is 4. The molecule has 1 aromatic carbocycles. The zero-order chi connectivity index (χ0) is 16.4. The summed E-state index contributed by atoms with van der Waals surface area (Å²) in [5.41, 5.74) is 1.67. The molecule has 0 spiro atoms. The Labute approximate surface area is 145 Å². The summed E-state index contributed by atoms with van der Waals surface area (Å²) in [4.78, 5) is 16.8. The fourth-order valence-corrected chi connectivity index (χ4v) is 3.91. The molecule has 0 bridgehead atoms. The Morgan fingerprint density at radius 3 is 3.04 bits per heavy atom. The van der Waals surface area contributed by atoms with Gasteiger partial charge in [-0.1, -0.05) is 36.0 Å². The number of aromatic amines is 1. The van der Waals surface area contributed by atoms with Crippen LogP contribution in [0.4, 0.5) is 0 Å². The lowest BCUT2D eigenvalue weighted by Gasteiger charge is -2.02. The minimum atomic E-state index is 0.0584. The van der Waals surface area contributed by atoms with Gasteiger partial charge >= 0.3 is 0 Å². The monoisotopic (exact) mass is 355 g/mol. The van der Waals surface area contributed by atoms with Crippen molar-refractivity contribution in [2.75, 3.05) is 5.75 Å². The van der Waals surface area contributed by atoms with Crippen LogP contribution < -0.4 is 0 Å². The number of nitrogens with one attached hydrogen (secondary N) is 1. The van der Waals surface area contributed by atoms with Crippen LogP contribution in [0.25, 0.3) is 10.9 Å². The molecular formula is C16H13N5OS2. The lowest BCUT2D eigenvalue weighted by Crippen LogP contribution is -2.06. The van der Waals surface area contributed by atoms with Gasteiger partial charge in [-0.25, -0.2) is 4.68 Å². The number of carbonyl (C=O) groups is 1. The first kappa shape index (κ1) is 15.1. The average Bonchev–Trinajstić information content (AvgIpc) is 3.34. The van der Waals surface area contributed by atoms with Gasteiger partial charge in [-0.2, -0.15) is 0 Å². The maximum absolute atomic E-state index is 12.5. The van der Waals surface area contributed by atoms with Crippen molar-refractivity contribution in [3.8, 4) is 0 Å². The Morgan fingerprint density at radius 1 is 1.25 bits per heavy atom. The van der Waals surface area contributed by atoms with E-state index in [1.54, 1.807) is 22.2 Å². The fraction of sp³-hybridized carbons (Fsp3) is 0.125. The fourth-order valence-electron chi connectivity index (χ4n) is 2.46. The Balaban J connectivity index is 1.47. The van der Waals surface area contributed by atoms with E-state index in [9.17, 15) is 4.79 Å². The number of thiophene rings is 1. The van der Waals surface area contributed by atoms with Gasteiger partial charge in [0.15, 0.2) is 5.78 Å². The Hall–Kier alpha value is -2.45. The van der Waals surface area contributed by atoms with E-state index in [0.717, 1.165) is 10.9 Å². The molecule has 0 amide bonds. The largest absolute Gasteiger partial charge is 0.360 e. The molecule has 0 aliphatic rings. The van der Waals surface area contributed by atoms with Crippen molar-refractivity contribution in [3.63, 3.8) is 0 Å². The van der Waals surface area contributed by atoms with Crippen LogP contribution in [0.3, 0.4) is 0 Å². The number of fused-ring (bicyclic) bond motifs is 1. The molecule has 3 aromatic heterocycles. The van der Waals surface area contributed by atoms with Crippen molar-refractivity contribution in [3.05, 3.63) is 58.4 Å². The lowest BCUT2D eigenvalue weighted by molar-refractivity contribution is 0.102. The van der Waals surface area contributed by atoms with Gasteiger partial charge in [0.1, 0.15) is 0 Å². The third-order valence-electron chi connectivity index (χ3n) is 3.61. The van der Waals surface area contributed by atoms with Gasteiger partial charge in [0.2, 0.25) is 5.16 Å². The summed E-state index contributed by atoms with van der Waals surface area (Å²) in [5.74, 6) is 0.357. The molecule has 0 unspecified atom stereocenters. The molecular weight excluding hydrogens is 342 g/mol. The van der Waals surface area contributed by atoms with E-state index in [2.05, 4.69) is 20.5 Å². The van der Waals surface area contributed by atoms with Gasteiger partial charge in [-0.15, -0.1) is 16.4 Å². The third kappa shape index (κ3) is 2.98. The molecule has 4 rings (SSSR count). The summed E-state index contributed by atoms with van der Waals surface area (Å²) in [7, 11) is 0. The molecule has 0 aliphatic carbocycles. The van der Waals surface area contributed by atoms with E-state index >= 15 is 0 Å². The van der Waals surface area contributed by atoms with E-state index in [1.807, 2.05) is 41.8 Å². The highest BCUT2D eigenvalue weighted by Crippen LogP contribution is 2.22. The van der Waals surface area contributed by atoms with Crippen LogP contribution in [0.15, 0.2) is 53.1 Å². The number of carbonyl (C=O) groups excluding carboxylic acids is 1. The normalized spacial score (nSPS) is 11.2. The first-order chi connectivity index (χ1) is 11.8. The topological polar surface area (TPSA) is 76.5 Å². The molecule has 6 nitrogen and oxygen atoms in total. The quantitative estimate of drug-likeness (QED) is 0.424. The van der Waals surface area contributed by atoms with Gasteiger partial charge in [-0.3, -0.25) is 4.79 Å². The highest BCUT2D eigenvalue weighted by atomic mass is 32.2. The van der Waals surface area contributed by atoms with Crippen LogP contribution in [0.1, 0.15) is 15.2 Å². The van der Waals surface area contributed by atoms with Crippen molar-refractivity contribution in [1.29, 1.82) is 0 Å². The summed E-state index contributed by atoms with van der Waals surface area (Å²) < 4.78 is 1.72. The Bertz CT molecular complexity index is 973. The van der Waals surface area contributed by atoms with Crippen molar-refractivity contribution < 1.29 is 4.79 Å². The molecule has 0 saturated carbocycles. The minimum absolute atomic E-state index is 0.0584. The first-order valence-electron chi connectivity index (χ1n) is 7.32. The Kier molecular flexibility index (Phi) is 4.14. The van der Waals surface area contributed by atoms with Gasteiger partial charge in [-0.05, 0) is 27.9 Å². The second kappa shape index (κ2) is 6.58. The van der Waals surface area contributed by atoms with Crippen LogP contribution in [0.5, 0.6) is 0 Å². The first-order valence-corrected chi connectivity index (χ1v) is 9.18. The van der Waals surface area contributed by atoms with E-state index in [4.69, 9.17) is 0 Å². The maximum Gasteiger partial charge on any atom is 0.210 e. The Morgan fingerprint density at radius 2 is 2.17 bits per heavy atom. The third-order valence-corrected chi connectivity index (χ3v) is 5.43. The SMILES string of the molecule is O=C(CSc1nnnn1Cc1cccs1)c1c[nH]c2ccccc12.